The Labute approximate surface area is 119 Å². The fraction of sp³-hybridized carbons (Fsp3) is 0.333. The molecular weight excluding hydrogens is 250 g/mol. The molecule has 0 saturated carbocycles. The lowest BCUT2D eigenvalue weighted by molar-refractivity contribution is 0.850. The molecule has 2 aromatic rings. The minimum absolute atomic E-state index is 0.259. The average Bonchev–Trinajstić information content (AvgIpc) is 2.43. The van der Waals surface area contributed by atoms with Crippen LogP contribution in [0.3, 0.4) is 0 Å². The van der Waals surface area contributed by atoms with Gasteiger partial charge < -0.3 is 10.7 Å². The van der Waals surface area contributed by atoms with Crippen LogP contribution in [0.5, 0.6) is 0 Å². The van der Waals surface area contributed by atoms with E-state index in [-0.39, 0.29) is 5.92 Å². The summed E-state index contributed by atoms with van der Waals surface area (Å²) in [6, 6.07) is 6.17. The van der Waals surface area contributed by atoms with Crippen molar-refractivity contribution in [3.63, 3.8) is 0 Å². The van der Waals surface area contributed by atoms with E-state index >= 15 is 0 Å². The standard InChI is InChI=1S/C15H21N5/c1-9(2)13-14(17-8-18-15(13)20-16)19-12-7-5-6-10(3)11(12)4/h5-9H,16H2,1-4H3,(H2,17,18,19,20). The van der Waals surface area contributed by atoms with Crippen molar-refractivity contribution in [1.82, 2.24) is 9.97 Å². The van der Waals surface area contributed by atoms with Gasteiger partial charge in [0.05, 0.1) is 0 Å². The van der Waals surface area contributed by atoms with Gasteiger partial charge in [-0.3, -0.25) is 0 Å². The summed E-state index contributed by atoms with van der Waals surface area (Å²) in [6.45, 7) is 8.37. The monoisotopic (exact) mass is 271 g/mol. The SMILES string of the molecule is Cc1cccc(Nc2ncnc(NN)c2C(C)C)c1C. The molecule has 0 fully saturated rings. The Morgan fingerprint density at radius 2 is 1.80 bits per heavy atom. The Bertz CT molecular complexity index is 607. The second-order valence-corrected chi connectivity index (χ2v) is 5.16. The number of hydrazine groups is 1. The highest BCUT2D eigenvalue weighted by atomic mass is 15.3. The van der Waals surface area contributed by atoms with Crippen LogP contribution >= 0.6 is 0 Å². The van der Waals surface area contributed by atoms with Crippen molar-refractivity contribution in [2.75, 3.05) is 10.7 Å². The quantitative estimate of drug-likeness (QED) is 0.588. The van der Waals surface area contributed by atoms with Crippen molar-refractivity contribution in [1.29, 1.82) is 0 Å². The summed E-state index contributed by atoms with van der Waals surface area (Å²) >= 11 is 0. The van der Waals surface area contributed by atoms with Crippen LogP contribution < -0.4 is 16.6 Å². The number of nitrogen functional groups attached to an aromatic ring is 1. The Hall–Kier alpha value is -2.14. The molecule has 0 aliphatic carbocycles. The van der Waals surface area contributed by atoms with Gasteiger partial charge in [-0.15, -0.1) is 0 Å². The number of anilines is 3. The highest BCUT2D eigenvalue weighted by molar-refractivity contribution is 5.68. The predicted molar refractivity (Wildman–Crippen MR) is 83.1 cm³/mol. The maximum atomic E-state index is 5.54. The van der Waals surface area contributed by atoms with Crippen LogP contribution in [0, 0.1) is 13.8 Å². The van der Waals surface area contributed by atoms with Gasteiger partial charge in [-0.25, -0.2) is 15.8 Å². The number of benzene rings is 1. The molecule has 1 heterocycles. The first-order valence-electron chi connectivity index (χ1n) is 6.69. The molecule has 0 bridgehead atoms. The van der Waals surface area contributed by atoms with Crippen LogP contribution in [0.15, 0.2) is 24.5 Å². The van der Waals surface area contributed by atoms with Gasteiger partial charge in [0.1, 0.15) is 18.0 Å². The molecule has 0 atom stereocenters. The predicted octanol–water partition coefficient (Wildman–Crippen LogP) is 3.25. The van der Waals surface area contributed by atoms with Gasteiger partial charge in [0.25, 0.3) is 0 Å². The third-order valence-corrected chi connectivity index (χ3v) is 3.46. The van der Waals surface area contributed by atoms with Crippen LogP contribution in [0.1, 0.15) is 36.5 Å². The molecule has 0 spiro atoms. The maximum Gasteiger partial charge on any atom is 0.148 e. The summed E-state index contributed by atoms with van der Waals surface area (Å²) in [4.78, 5) is 8.53. The molecule has 1 aromatic heterocycles. The molecule has 5 nitrogen and oxygen atoms in total. The van der Waals surface area contributed by atoms with Crippen LogP contribution in [-0.2, 0) is 0 Å². The molecular formula is C15H21N5. The molecule has 2 rings (SSSR count). The first-order chi connectivity index (χ1) is 9.54. The summed E-state index contributed by atoms with van der Waals surface area (Å²) in [5.41, 5.74) is 7.12. The molecule has 0 aliphatic rings. The van der Waals surface area contributed by atoms with E-state index in [4.69, 9.17) is 5.84 Å². The lowest BCUT2D eigenvalue weighted by atomic mass is 10.0. The highest BCUT2D eigenvalue weighted by Crippen LogP contribution is 2.31. The molecule has 20 heavy (non-hydrogen) atoms. The van der Waals surface area contributed by atoms with Crippen LogP contribution in [0.2, 0.25) is 0 Å². The van der Waals surface area contributed by atoms with Gasteiger partial charge in [0, 0.05) is 11.3 Å². The van der Waals surface area contributed by atoms with Crippen LogP contribution in [0.25, 0.3) is 0 Å². The normalized spacial score (nSPS) is 10.7. The summed E-state index contributed by atoms with van der Waals surface area (Å²) in [6.07, 6.45) is 1.51. The first-order valence-corrected chi connectivity index (χ1v) is 6.69. The smallest absolute Gasteiger partial charge is 0.148 e. The van der Waals surface area contributed by atoms with Gasteiger partial charge in [-0.1, -0.05) is 26.0 Å². The van der Waals surface area contributed by atoms with E-state index in [1.165, 1.54) is 17.5 Å². The number of nitrogens with zero attached hydrogens (tertiary/aromatic N) is 2. The number of aryl methyl sites for hydroxylation is 1. The zero-order chi connectivity index (χ0) is 14.7. The van der Waals surface area contributed by atoms with Crippen molar-refractivity contribution >= 4 is 17.3 Å². The second-order valence-electron chi connectivity index (χ2n) is 5.16. The Kier molecular flexibility index (Phi) is 4.20. The summed E-state index contributed by atoms with van der Waals surface area (Å²) in [5.74, 6) is 7.24. The van der Waals surface area contributed by atoms with Gasteiger partial charge in [0.2, 0.25) is 0 Å². The van der Waals surface area contributed by atoms with Gasteiger partial charge >= 0.3 is 0 Å². The number of nitrogens with one attached hydrogen (secondary N) is 2. The highest BCUT2D eigenvalue weighted by Gasteiger charge is 2.15. The van der Waals surface area contributed by atoms with Crippen molar-refractivity contribution in [2.24, 2.45) is 5.84 Å². The maximum absolute atomic E-state index is 5.54. The van der Waals surface area contributed by atoms with E-state index in [9.17, 15) is 0 Å². The first kappa shape index (κ1) is 14.3. The lowest BCUT2D eigenvalue weighted by Crippen LogP contribution is -2.14. The van der Waals surface area contributed by atoms with E-state index in [1.54, 1.807) is 0 Å². The summed E-state index contributed by atoms with van der Waals surface area (Å²) in [5, 5.41) is 3.39. The van der Waals surface area contributed by atoms with Crippen molar-refractivity contribution in [2.45, 2.75) is 33.6 Å². The topological polar surface area (TPSA) is 75.9 Å². The van der Waals surface area contributed by atoms with Gasteiger partial charge in [-0.05, 0) is 37.0 Å². The third-order valence-electron chi connectivity index (χ3n) is 3.46. The van der Waals surface area contributed by atoms with Crippen molar-refractivity contribution in [3.8, 4) is 0 Å². The Morgan fingerprint density at radius 3 is 2.45 bits per heavy atom. The minimum Gasteiger partial charge on any atom is -0.340 e. The van der Waals surface area contributed by atoms with E-state index in [0.29, 0.717) is 5.82 Å². The Balaban J connectivity index is 2.46. The number of hydrogen-bond donors (Lipinski definition) is 3. The van der Waals surface area contributed by atoms with Gasteiger partial charge in [-0.2, -0.15) is 0 Å². The van der Waals surface area contributed by atoms with Gasteiger partial charge in [0.15, 0.2) is 0 Å². The van der Waals surface area contributed by atoms with Crippen molar-refractivity contribution < 1.29 is 0 Å². The molecule has 0 saturated heterocycles. The number of hydrogen-bond acceptors (Lipinski definition) is 5. The largest absolute Gasteiger partial charge is 0.340 e. The van der Waals surface area contributed by atoms with Crippen LogP contribution in [0.4, 0.5) is 17.3 Å². The van der Waals surface area contributed by atoms with Crippen molar-refractivity contribution in [3.05, 3.63) is 41.2 Å². The molecule has 1 aromatic carbocycles. The molecule has 5 heteroatoms. The number of aromatic nitrogens is 2. The van der Waals surface area contributed by atoms with E-state index in [0.717, 1.165) is 17.1 Å². The van der Waals surface area contributed by atoms with Crippen LogP contribution in [-0.4, -0.2) is 9.97 Å². The van der Waals surface area contributed by atoms with E-state index < -0.39 is 0 Å². The third kappa shape index (κ3) is 2.72. The molecule has 0 aliphatic heterocycles. The molecule has 106 valence electrons. The Morgan fingerprint density at radius 1 is 1.10 bits per heavy atom. The fourth-order valence-electron chi connectivity index (χ4n) is 2.17. The second kappa shape index (κ2) is 5.88. The molecule has 4 N–H and O–H groups in total. The lowest BCUT2D eigenvalue weighted by Gasteiger charge is -2.18. The average molecular weight is 271 g/mol. The number of nitrogens with two attached hydrogens (primary N) is 1. The summed E-state index contributed by atoms with van der Waals surface area (Å²) in [7, 11) is 0. The minimum atomic E-state index is 0.259. The zero-order valence-corrected chi connectivity index (χ0v) is 12.4. The summed E-state index contributed by atoms with van der Waals surface area (Å²) < 4.78 is 0. The van der Waals surface area contributed by atoms with E-state index in [2.05, 4.69) is 54.5 Å². The molecule has 0 radical (unpaired) electrons. The van der Waals surface area contributed by atoms with E-state index in [1.807, 2.05) is 12.1 Å². The molecule has 0 amide bonds. The number of rotatable bonds is 4. The molecule has 0 unspecified atom stereocenters. The zero-order valence-electron chi connectivity index (χ0n) is 12.4. The fourth-order valence-corrected chi connectivity index (χ4v) is 2.17.